The average Bonchev–Trinajstić information content (AvgIpc) is 2.50. The van der Waals surface area contributed by atoms with Crippen molar-refractivity contribution < 1.29 is 20.0 Å². The van der Waals surface area contributed by atoms with Gasteiger partial charge in [-0.3, -0.25) is 10.1 Å². The summed E-state index contributed by atoms with van der Waals surface area (Å²) >= 11 is 0. The fourth-order valence-corrected chi connectivity index (χ4v) is 1.99. The van der Waals surface area contributed by atoms with Gasteiger partial charge in [-0.1, -0.05) is 62.1 Å². The maximum absolute atomic E-state index is 10.3. The van der Waals surface area contributed by atoms with Gasteiger partial charge >= 0.3 is 5.97 Å². The Balaban J connectivity index is 3.26. The molecule has 0 aliphatic rings. The minimum absolute atomic E-state index is 0.305. The predicted octanol–water partition coefficient (Wildman–Crippen LogP) is 5.13. The van der Waals surface area contributed by atoms with Gasteiger partial charge in [0.2, 0.25) is 0 Å². The molecule has 0 saturated heterocycles. The van der Waals surface area contributed by atoms with Gasteiger partial charge in [0.1, 0.15) is 0 Å². The average molecular weight is 310 g/mol. The van der Waals surface area contributed by atoms with Gasteiger partial charge in [-0.25, -0.2) is 4.89 Å². The number of aliphatic carboxylic acids is 1. The number of carbonyl (C=O) groups is 1. The lowest BCUT2D eigenvalue weighted by molar-refractivity contribution is -0.240. The molecule has 0 bridgehead atoms. The van der Waals surface area contributed by atoms with Crippen LogP contribution in [0.5, 0.6) is 0 Å². The van der Waals surface area contributed by atoms with Crippen LogP contribution in [0, 0.1) is 0 Å². The van der Waals surface area contributed by atoms with Gasteiger partial charge in [0.05, 0.1) is 6.61 Å². The minimum atomic E-state index is -0.687. The molecule has 0 unspecified atom stereocenters. The highest BCUT2D eigenvalue weighted by atomic mass is 17.1. The molecule has 0 aromatic rings. The van der Waals surface area contributed by atoms with E-state index in [-0.39, 0.29) is 0 Å². The summed E-state index contributed by atoms with van der Waals surface area (Å²) in [5.74, 6) is -0.687. The maximum atomic E-state index is 10.3. The lowest BCUT2D eigenvalue weighted by Crippen LogP contribution is -1.93. The second-order valence-electron chi connectivity index (χ2n) is 5.24. The number of carboxylic acids is 1. The highest BCUT2D eigenvalue weighted by Crippen LogP contribution is 2.08. The minimum Gasteiger partial charge on any atom is -0.481 e. The normalized spacial score (nSPS) is 12.0. The van der Waals surface area contributed by atoms with Gasteiger partial charge in [-0.15, -0.1) is 0 Å². The number of hydrogen-bond donors (Lipinski definition) is 2. The number of carboxylic acid groups (broad SMARTS) is 1. The SMILES string of the molecule is O=C(O)CCCCCCCC/C=C/C=C\C/C=C\CCOO. The van der Waals surface area contributed by atoms with Gasteiger partial charge < -0.3 is 5.11 Å². The van der Waals surface area contributed by atoms with Crippen molar-refractivity contribution >= 4 is 5.97 Å². The van der Waals surface area contributed by atoms with Gasteiger partial charge in [0, 0.05) is 6.42 Å². The molecule has 4 nitrogen and oxygen atoms in total. The first-order valence-corrected chi connectivity index (χ1v) is 8.22. The van der Waals surface area contributed by atoms with Crippen LogP contribution in [0.4, 0.5) is 0 Å². The van der Waals surface area contributed by atoms with E-state index in [1.807, 2.05) is 12.2 Å². The first-order chi connectivity index (χ1) is 10.8. The van der Waals surface area contributed by atoms with Crippen molar-refractivity contribution in [2.24, 2.45) is 0 Å². The Morgan fingerprint density at radius 2 is 1.50 bits per heavy atom. The van der Waals surface area contributed by atoms with Gasteiger partial charge in [-0.05, 0) is 32.1 Å². The monoisotopic (exact) mass is 310 g/mol. The van der Waals surface area contributed by atoms with E-state index >= 15 is 0 Å². The molecule has 0 aromatic heterocycles. The fourth-order valence-electron chi connectivity index (χ4n) is 1.99. The molecule has 0 heterocycles. The van der Waals surface area contributed by atoms with E-state index in [9.17, 15) is 4.79 Å². The van der Waals surface area contributed by atoms with E-state index in [0.717, 1.165) is 38.5 Å². The summed E-state index contributed by atoms with van der Waals surface area (Å²) in [4.78, 5) is 14.3. The van der Waals surface area contributed by atoms with Crippen LogP contribution in [-0.2, 0) is 9.68 Å². The van der Waals surface area contributed by atoms with Crippen LogP contribution in [0.1, 0.15) is 64.2 Å². The summed E-state index contributed by atoms with van der Waals surface area (Å²) < 4.78 is 0. The molecule has 0 atom stereocenters. The Labute approximate surface area is 134 Å². The molecule has 0 spiro atoms. The molecule has 0 saturated carbocycles. The molecule has 0 rings (SSSR count). The molecule has 0 fully saturated rings. The zero-order valence-corrected chi connectivity index (χ0v) is 13.5. The Morgan fingerprint density at radius 1 is 0.818 bits per heavy atom. The molecular formula is C18H30O4. The van der Waals surface area contributed by atoms with Crippen molar-refractivity contribution in [1.82, 2.24) is 0 Å². The fraction of sp³-hybridized carbons (Fsp3) is 0.611. The van der Waals surface area contributed by atoms with Crippen LogP contribution in [0.15, 0.2) is 36.5 Å². The van der Waals surface area contributed by atoms with Crippen LogP contribution < -0.4 is 0 Å². The molecule has 0 radical (unpaired) electrons. The number of rotatable bonds is 15. The number of unbranched alkanes of at least 4 members (excludes halogenated alkanes) is 6. The van der Waals surface area contributed by atoms with Crippen molar-refractivity contribution in [2.45, 2.75) is 64.2 Å². The third-order valence-electron chi connectivity index (χ3n) is 3.21. The van der Waals surface area contributed by atoms with Gasteiger partial charge in [0.15, 0.2) is 0 Å². The Hall–Kier alpha value is -1.39. The summed E-state index contributed by atoms with van der Waals surface area (Å²) in [5.41, 5.74) is 0. The van der Waals surface area contributed by atoms with Crippen molar-refractivity contribution in [2.75, 3.05) is 6.61 Å². The van der Waals surface area contributed by atoms with Crippen LogP contribution >= 0.6 is 0 Å². The Morgan fingerprint density at radius 3 is 2.23 bits per heavy atom. The smallest absolute Gasteiger partial charge is 0.303 e. The predicted molar refractivity (Wildman–Crippen MR) is 89.8 cm³/mol. The lowest BCUT2D eigenvalue weighted by atomic mass is 10.1. The van der Waals surface area contributed by atoms with Crippen LogP contribution in [0.25, 0.3) is 0 Å². The largest absolute Gasteiger partial charge is 0.481 e. The Bertz CT molecular complexity index is 332. The standard InChI is InChI=1S/C18H30O4/c19-18(20)16-14-12-10-8-6-4-2-1-3-5-7-9-11-13-15-17-22-21/h1,3,5,7,11,13,21H,2,4,6,8-10,12,14-17H2,(H,19,20)/b3-1+,7-5-,13-11-. The molecular weight excluding hydrogens is 280 g/mol. The van der Waals surface area contributed by atoms with Crippen molar-refractivity contribution in [1.29, 1.82) is 0 Å². The molecule has 0 aromatic carbocycles. The molecule has 0 amide bonds. The molecule has 0 aliphatic carbocycles. The zero-order chi connectivity index (χ0) is 16.3. The van der Waals surface area contributed by atoms with E-state index in [0.29, 0.717) is 13.0 Å². The Kier molecular flexibility index (Phi) is 16.5. The van der Waals surface area contributed by atoms with E-state index in [1.165, 1.54) is 19.3 Å². The van der Waals surface area contributed by atoms with Crippen molar-refractivity contribution in [3.63, 3.8) is 0 Å². The third kappa shape index (κ3) is 18.6. The first-order valence-electron chi connectivity index (χ1n) is 8.22. The van der Waals surface area contributed by atoms with E-state index < -0.39 is 5.97 Å². The van der Waals surface area contributed by atoms with E-state index in [4.69, 9.17) is 10.4 Å². The summed E-state index contributed by atoms with van der Waals surface area (Å²) in [6.45, 7) is 0.347. The second kappa shape index (κ2) is 17.7. The van der Waals surface area contributed by atoms with Crippen LogP contribution in [-0.4, -0.2) is 22.9 Å². The van der Waals surface area contributed by atoms with Crippen LogP contribution in [0.3, 0.4) is 0 Å². The van der Waals surface area contributed by atoms with E-state index in [2.05, 4.69) is 29.2 Å². The molecule has 22 heavy (non-hydrogen) atoms. The second-order valence-corrected chi connectivity index (χ2v) is 5.24. The third-order valence-corrected chi connectivity index (χ3v) is 3.21. The van der Waals surface area contributed by atoms with Gasteiger partial charge in [-0.2, -0.15) is 0 Å². The number of allylic oxidation sites excluding steroid dienone is 5. The quantitative estimate of drug-likeness (QED) is 0.145. The van der Waals surface area contributed by atoms with Crippen LogP contribution in [0.2, 0.25) is 0 Å². The summed E-state index contributed by atoms with van der Waals surface area (Å²) in [7, 11) is 0. The highest BCUT2D eigenvalue weighted by molar-refractivity contribution is 5.66. The summed E-state index contributed by atoms with van der Waals surface area (Å²) in [6.07, 6.45) is 22.1. The van der Waals surface area contributed by atoms with Crippen molar-refractivity contribution in [3.8, 4) is 0 Å². The molecule has 4 heteroatoms. The topological polar surface area (TPSA) is 66.8 Å². The summed E-state index contributed by atoms with van der Waals surface area (Å²) in [6, 6.07) is 0. The lowest BCUT2D eigenvalue weighted by Gasteiger charge is -1.99. The molecule has 2 N–H and O–H groups in total. The molecule has 126 valence electrons. The zero-order valence-electron chi connectivity index (χ0n) is 13.5. The molecule has 0 aliphatic heterocycles. The number of hydrogen-bond acceptors (Lipinski definition) is 3. The maximum Gasteiger partial charge on any atom is 0.303 e. The van der Waals surface area contributed by atoms with E-state index in [1.54, 1.807) is 0 Å². The summed E-state index contributed by atoms with van der Waals surface area (Å²) in [5, 5.41) is 16.6. The van der Waals surface area contributed by atoms with Crippen molar-refractivity contribution in [3.05, 3.63) is 36.5 Å². The highest BCUT2D eigenvalue weighted by Gasteiger charge is 1.95. The van der Waals surface area contributed by atoms with Gasteiger partial charge in [0.25, 0.3) is 0 Å². The first kappa shape index (κ1) is 20.6.